The molecular formula is C11H15ClN2OS. The molecule has 0 radical (unpaired) electrons. The number of amides is 1. The number of halogens is 1. The number of nitrogens with zero attached hydrogens (tertiary/aromatic N) is 1. The lowest BCUT2D eigenvalue weighted by molar-refractivity contribution is -0.118. The van der Waals surface area contributed by atoms with Crippen LogP contribution in [0.15, 0.2) is 0 Å². The molecule has 0 aliphatic heterocycles. The van der Waals surface area contributed by atoms with Gasteiger partial charge >= 0.3 is 0 Å². The van der Waals surface area contributed by atoms with E-state index in [-0.39, 0.29) is 11.8 Å². The second-order valence-corrected chi connectivity index (χ2v) is 5.53. The molecule has 1 atom stereocenters. The van der Waals surface area contributed by atoms with Crippen LogP contribution in [0.5, 0.6) is 0 Å². The van der Waals surface area contributed by atoms with Crippen LogP contribution in [0, 0.1) is 5.92 Å². The number of carbonyl (C=O) groups is 1. The molecule has 1 unspecified atom stereocenters. The van der Waals surface area contributed by atoms with Gasteiger partial charge in [0.15, 0.2) is 5.13 Å². The van der Waals surface area contributed by atoms with Gasteiger partial charge in [0.1, 0.15) is 0 Å². The van der Waals surface area contributed by atoms with Crippen molar-refractivity contribution >= 4 is 34.0 Å². The first kappa shape index (κ1) is 11.9. The maximum absolute atomic E-state index is 11.6. The van der Waals surface area contributed by atoms with Crippen molar-refractivity contribution < 1.29 is 4.79 Å². The lowest BCUT2D eigenvalue weighted by Crippen LogP contribution is -2.21. The minimum absolute atomic E-state index is 0.0407. The zero-order valence-corrected chi connectivity index (χ0v) is 10.8. The highest BCUT2D eigenvalue weighted by Gasteiger charge is 2.18. The van der Waals surface area contributed by atoms with Crippen LogP contribution in [-0.4, -0.2) is 16.8 Å². The number of carbonyl (C=O) groups excluding carboxylic acids is 1. The third kappa shape index (κ3) is 2.55. The van der Waals surface area contributed by atoms with Gasteiger partial charge in [-0.1, -0.05) is 6.92 Å². The lowest BCUT2D eigenvalue weighted by Gasteiger charge is -2.06. The first-order valence-corrected chi connectivity index (χ1v) is 6.91. The van der Waals surface area contributed by atoms with Gasteiger partial charge in [0.05, 0.1) is 5.69 Å². The van der Waals surface area contributed by atoms with Crippen LogP contribution >= 0.6 is 22.9 Å². The van der Waals surface area contributed by atoms with Gasteiger partial charge in [0, 0.05) is 16.7 Å². The highest BCUT2D eigenvalue weighted by molar-refractivity contribution is 7.15. The number of hydrogen-bond acceptors (Lipinski definition) is 3. The predicted molar refractivity (Wildman–Crippen MR) is 67.3 cm³/mol. The maximum Gasteiger partial charge on any atom is 0.230 e. The van der Waals surface area contributed by atoms with Crippen molar-refractivity contribution in [1.82, 2.24) is 4.98 Å². The molecular weight excluding hydrogens is 244 g/mol. The number of hydrogen-bond donors (Lipinski definition) is 1. The first-order chi connectivity index (χ1) is 7.70. The minimum atomic E-state index is -0.164. The lowest BCUT2D eigenvalue weighted by atomic mass is 10.0. The van der Waals surface area contributed by atoms with Gasteiger partial charge in [0.2, 0.25) is 5.91 Å². The molecule has 16 heavy (non-hydrogen) atoms. The third-order valence-corrected chi connectivity index (χ3v) is 4.29. The van der Waals surface area contributed by atoms with E-state index in [1.165, 1.54) is 23.4 Å². The number of aryl methyl sites for hydroxylation is 2. The van der Waals surface area contributed by atoms with Crippen molar-refractivity contribution in [2.45, 2.75) is 32.6 Å². The fourth-order valence-electron chi connectivity index (χ4n) is 1.70. The van der Waals surface area contributed by atoms with Crippen LogP contribution in [0.4, 0.5) is 5.13 Å². The zero-order chi connectivity index (χ0) is 11.5. The second-order valence-electron chi connectivity index (χ2n) is 4.14. The summed E-state index contributed by atoms with van der Waals surface area (Å²) in [6.07, 6.45) is 4.60. The molecule has 88 valence electrons. The molecule has 1 amide bonds. The Labute approximate surface area is 104 Å². The topological polar surface area (TPSA) is 42.0 Å². The monoisotopic (exact) mass is 258 g/mol. The molecule has 1 aromatic heterocycles. The number of rotatable bonds is 3. The van der Waals surface area contributed by atoms with Gasteiger partial charge in [-0.15, -0.1) is 22.9 Å². The Hall–Kier alpha value is -0.610. The number of thiazole rings is 1. The average Bonchev–Trinajstić information content (AvgIpc) is 2.69. The minimum Gasteiger partial charge on any atom is -0.302 e. The van der Waals surface area contributed by atoms with E-state index in [0.29, 0.717) is 5.88 Å². The highest BCUT2D eigenvalue weighted by Crippen LogP contribution is 2.29. The molecule has 2 rings (SSSR count). The van der Waals surface area contributed by atoms with Crippen LogP contribution in [0.1, 0.15) is 30.3 Å². The van der Waals surface area contributed by atoms with Crippen molar-refractivity contribution in [3.05, 3.63) is 10.6 Å². The van der Waals surface area contributed by atoms with Crippen LogP contribution in [0.3, 0.4) is 0 Å². The van der Waals surface area contributed by atoms with Crippen LogP contribution in [-0.2, 0) is 17.6 Å². The summed E-state index contributed by atoms with van der Waals surface area (Å²) in [6.45, 7) is 1.82. The summed E-state index contributed by atoms with van der Waals surface area (Å²) < 4.78 is 0. The molecule has 0 saturated heterocycles. The van der Waals surface area contributed by atoms with E-state index < -0.39 is 0 Å². The summed E-state index contributed by atoms with van der Waals surface area (Å²) in [4.78, 5) is 17.4. The molecule has 0 spiro atoms. The molecule has 1 aliphatic rings. The fraction of sp³-hybridized carbons (Fsp3) is 0.636. The van der Waals surface area contributed by atoms with Crippen molar-refractivity contribution in [3.63, 3.8) is 0 Å². The summed E-state index contributed by atoms with van der Waals surface area (Å²) in [5, 5.41) is 3.56. The average molecular weight is 259 g/mol. The van der Waals surface area contributed by atoms with E-state index in [1.54, 1.807) is 11.3 Å². The summed E-state index contributed by atoms with van der Waals surface area (Å²) in [5.74, 6) is 0.139. The summed E-state index contributed by atoms with van der Waals surface area (Å²) in [5.41, 5.74) is 1.17. The Bertz CT molecular complexity index is 368. The Balaban J connectivity index is 2.05. The predicted octanol–water partition coefficient (Wildman–Crippen LogP) is 2.84. The quantitative estimate of drug-likeness (QED) is 0.847. The standard InChI is InChI=1S/C11H15ClN2OS/c1-7(6-12)10(15)14-11-13-8-4-2-3-5-9(8)16-11/h7H,2-6H2,1H3,(H,13,14,15). The van der Waals surface area contributed by atoms with Crippen LogP contribution in [0.25, 0.3) is 0 Å². The maximum atomic E-state index is 11.6. The second kappa shape index (κ2) is 5.15. The van der Waals surface area contributed by atoms with Crippen LogP contribution in [0.2, 0.25) is 0 Å². The Morgan fingerprint density at radius 1 is 1.56 bits per heavy atom. The SMILES string of the molecule is CC(CCl)C(=O)Nc1nc2c(s1)CCCC2. The molecule has 1 aliphatic carbocycles. The Morgan fingerprint density at radius 2 is 2.31 bits per heavy atom. The number of fused-ring (bicyclic) bond motifs is 1. The number of aromatic nitrogens is 1. The molecule has 1 N–H and O–H groups in total. The number of anilines is 1. The normalized spacial score (nSPS) is 16.6. The van der Waals surface area contributed by atoms with Gasteiger partial charge in [0.25, 0.3) is 0 Å². The van der Waals surface area contributed by atoms with Crippen molar-refractivity contribution in [1.29, 1.82) is 0 Å². The largest absolute Gasteiger partial charge is 0.302 e. The summed E-state index contributed by atoms with van der Waals surface area (Å²) in [6, 6.07) is 0. The Kier molecular flexibility index (Phi) is 3.82. The molecule has 3 nitrogen and oxygen atoms in total. The molecule has 5 heteroatoms. The molecule has 1 heterocycles. The molecule has 0 aromatic carbocycles. The first-order valence-electron chi connectivity index (χ1n) is 5.56. The van der Waals surface area contributed by atoms with E-state index in [1.807, 2.05) is 6.92 Å². The fourth-order valence-corrected chi connectivity index (χ4v) is 2.90. The molecule has 0 bridgehead atoms. The van der Waals surface area contributed by atoms with Gasteiger partial charge < -0.3 is 5.32 Å². The van der Waals surface area contributed by atoms with E-state index in [0.717, 1.165) is 18.0 Å². The summed E-state index contributed by atoms with van der Waals surface area (Å²) in [7, 11) is 0. The van der Waals surface area contributed by atoms with Gasteiger partial charge in [-0.2, -0.15) is 0 Å². The van der Waals surface area contributed by atoms with Crippen molar-refractivity contribution in [3.8, 4) is 0 Å². The van der Waals surface area contributed by atoms with E-state index in [4.69, 9.17) is 11.6 Å². The van der Waals surface area contributed by atoms with Gasteiger partial charge in [-0.05, 0) is 25.7 Å². The Morgan fingerprint density at radius 3 is 3.00 bits per heavy atom. The van der Waals surface area contributed by atoms with Crippen molar-refractivity contribution in [2.75, 3.05) is 11.2 Å². The molecule has 1 aromatic rings. The number of alkyl halides is 1. The van der Waals surface area contributed by atoms with E-state index in [9.17, 15) is 4.79 Å². The van der Waals surface area contributed by atoms with Crippen molar-refractivity contribution in [2.24, 2.45) is 5.92 Å². The molecule has 0 fully saturated rings. The smallest absolute Gasteiger partial charge is 0.230 e. The third-order valence-electron chi connectivity index (χ3n) is 2.75. The van der Waals surface area contributed by atoms with Gasteiger partial charge in [-0.3, -0.25) is 4.79 Å². The molecule has 0 saturated carbocycles. The van der Waals surface area contributed by atoms with E-state index >= 15 is 0 Å². The van der Waals surface area contributed by atoms with E-state index in [2.05, 4.69) is 10.3 Å². The highest BCUT2D eigenvalue weighted by atomic mass is 35.5. The number of nitrogens with one attached hydrogen (secondary N) is 1. The summed E-state index contributed by atoms with van der Waals surface area (Å²) >= 11 is 7.24. The van der Waals surface area contributed by atoms with Crippen LogP contribution < -0.4 is 5.32 Å². The van der Waals surface area contributed by atoms with Gasteiger partial charge in [-0.25, -0.2) is 4.98 Å². The zero-order valence-electron chi connectivity index (χ0n) is 9.25.